The van der Waals surface area contributed by atoms with Crippen molar-refractivity contribution < 1.29 is 22.3 Å². The van der Waals surface area contributed by atoms with Gasteiger partial charge in [0.2, 0.25) is 0 Å². The van der Waals surface area contributed by atoms with Gasteiger partial charge in [-0.1, -0.05) is 12.1 Å². The Kier molecular flexibility index (Phi) is 7.63. The van der Waals surface area contributed by atoms with Crippen LogP contribution in [0, 0.1) is 0 Å². The molecule has 3 N–H and O–H groups in total. The molecule has 0 spiro atoms. The van der Waals surface area contributed by atoms with E-state index in [-0.39, 0.29) is 17.7 Å². The smallest absolute Gasteiger partial charge is 0.379 e. The number of alkyl halides is 4. The zero-order valence-corrected chi connectivity index (χ0v) is 18.6. The first kappa shape index (κ1) is 24.4. The number of benzene rings is 1. The molecule has 3 rings (SSSR count). The molecule has 5 unspecified atom stereocenters. The van der Waals surface area contributed by atoms with Gasteiger partial charge in [-0.25, -0.2) is 4.39 Å². The first-order valence-corrected chi connectivity index (χ1v) is 10.9. The van der Waals surface area contributed by atoms with Crippen LogP contribution in [0.25, 0.3) is 0 Å². The standard InChI is InChI=1S/C22H34F4N4O/c1-14(12-21(2,3)31-4)29-19-18(23)20(28-13-27-19)30-11-5-6-17(30)15-7-9-16(10-8-15)22(24,25)26/h7-10,14,17-20,27-29H,5-6,11-13H2,1-4H3. The van der Waals surface area contributed by atoms with Crippen molar-refractivity contribution in [3.8, 4) is 0 Å². The van der Waals surface area contributed by atoms with E-state index in [4.69, 9.17) is 4.74 Å². The summed E-state index contributed by atoms with van der Waals surface area (Å²) >= 11 is 0. The average Bonchev–Trinajstić information content (AvgIpc) is 3.18. The lowest BCUT2D eigenvalue weighted by molar-refractivity contribution is -0.137. The molecule has 2 saturated heterocycles. The molecule has 0 radical (unpaired) electrons. The highest BCUT2D eigenvalue weighted by Gasteiger charge is 2.42. The van der Waals surface area contributed by atoms with Crippen LogP contribution in [-0.2, 0) is 10.9 Å². The number of ether oxygens (including phenoxy) is 1. The molecule has 1 aromatic rings. The quantitative estimate of drug-likeness (QED) is 0.557. The molecule has 31 heavy (non-hydrogen) atoms. The molecule has 2 heterocycles. The maximum absolute atomic E-state index is 15.5. The number of likely N-dealkylation sites (tertiary alicyclic amines) is 1. The number of hydrogen-bond acceptors (Lipinski definition) is 5. The zero-order chi connectivity index (χ0) is 22.8. The van der Waals surface area contributed by atoms with Crippen LogP contribution in [0.4, 0.5) is 17.6 Å². The van der Waals surface area contributed by atoms with Crippen LogP contribution < -0.4 is 16.0 Å². The predicted molar refractivity (Wildman–Crippen MR) is 112 cm³/mol. The van der Waals surface area contributed by atoms with Crippen molar-refractivity contribution in [2.24, 2.45) is 0 Å². The third-order valence-electron chi connectivity index (χ3n) is 6.34. The summed E-state index contributed by atoms with van der Waals surface area (Å²) < 4.78 is 59.7. The van der Waals surface area contributed by atoms with Crippen molar-refractivity contribution in [2.75, 3.05) is 20.3 Å². The molecular weight excluding hydrogens is 412 g/mol. The minimum Gasteiger partial charge on any atom is -0.379 e. The number of nitrogens with one attached hydrogen (secondary N) is 3. The summed E-state index contributed by atoms with van der Waals surface area (Å²) in [6.45, 7) is 7.14. The van der Waals surface area contributed by atoms with Gasteiger partial charge < -0.3 is 4.74 Å². The van der Waals surface area contributed by atoms with Gasteiger partial charge in [0.15, 0.2) is 6.17 Å². The van der Waals surface area contributed by atoms with Gasteiger partial charge in [-0.2, -0.15) is 13.2 Å². The van der Waals surface area contributed by atoms with Crippen LogP contribution in [0.3, 0.4) is 0 Å². The summed E-state index contributed by atoms with van der Waals surface area (Å²) in [4.78, 5) is 2.05. The second-order valence-corrected chi connectivity index (χ2v) is 9.20. The fourth-order valence-electron chi connectivity index (χ4n) is 4.69. The number of halogens is 4. The highest BCUT2D eigenvalue weighted by molar-refractivity contribution is 5.27. The van der Waals surface area contributed by atoms with Crippen molar-refractivity contribution >= 4 is 0 Å². The van der Waals surface area contributed by atoms with Crippen molar-refractivity contribution in [3.63, 3.8) is 0 Å². The molecule has 9 heteroatoms. The van der Waals surface area contributed by atoms with Crippen LogP contribution in [0.2, 0.25) is 0 Å². The monoisotopic (exact) mass is 446 g/mol. The molecule has 5 atom stereocenters. The highest BCUT2D eigenvalue weighted by Crippen LogP contribution is 2.37. The largest absolute Gasteiger partial charge is 0.416 e. The van der Waals surface area contributed by atoms with Gasteiger partial charge in [-0.3, -0.25) is 20.9 Å². The third-order valence-corrected chi connectivity index (χ3v) is 6.34. The molecule has 176 valence electrons. The van der Waals surface area contributed by atoms with E-state index in [1.165, 1.54) is 12.1 Å². The van der Waals surface area contributed by atoms with Crippen LogP contribution in [0.15, 0.2) is 24.3 Å². The van der Waals surface area contributed by atoms with E-state index in [9.17, 15) is 13.2 Å². The maximum Gasteiger partial charge on any atom is 0.416 e. The summed E-state index contributed by atoms with van der Waals surface area (Å²) in [5.41, 5.74) is -0.188. The topological polar surface area (TPSA) is 48.6 Å². The van der Waals surface area contributed by atoms with E-state index in [1.807, 2.05) is 25.7 Å². The van der Waals surface area contributed by atoms with Gasteiger partial charge in [0.25, 0.3) is 0 Å². The molecule has 0 aromatic heterocycles. The van der Waals surface area contributed by atoms with Gasteiger partial charge in [-0.05, 0) is 57.7 Å². The van der Waals surface area contributed by atoms with E-state index >= 15 is 4.39 Å². The first-order valence-electron chi connectivity index (χ1n) is 10.9. The minimum atomic E-state index is -4.36. The number of hydrogen-bond donors (Lipinski definition) is 3. The minimum absolute atomic E-state index is 0.0359. The fourth-order valence-corrected chi connectivity index (χ4v) is 4.69. The maximum atomic E-state index is 15.5. The lowest BCUT2D eigenvalue weighted by Crippen LogP contribution is -2.69. The normalized spacial score (nSPS) is 29.3. The number of rotatable bonds is 7. The summed E-state index contributed by atoms with van der Waals surface area (Å²) in [5.74, 6) is 0. The Morgan fingerprint density at radius 1 is 1.19 bits per heavy atom. The molecule has 2 aliphatic heterocycles. The van der Waals surface area contributed by atoms with Crippen LogP contribution in [0.1, 0.15) is 57.2 Å². The van der Waals surface area contributed by atoms with Crippen molar-refractivity contribution in [2.45, 2.75) is 82.4 Å². The van der Waals surface area contributed by atoms with Gasteiger partial charge in [0.05, 0.1) is 23.5 Å². The Hall–Kier alpha value is -1.26. The van der Waals surface area contributed by atoms with Gasteiger partial charge >= 0.3 is 6.18 Å². The summed E-state index contributed by atoms with van der Waals surface area (Å²) in [6, 6.07) is 5.18. The Bertz CT molecular complexity index is 712. The Labute approximate surface area is 181 Å². The van der Waals surface area contributed by atoms with Crippen LogP contribution in [-0.4, -0.2) is 55.4 Å². The van der Waals surface area contributed by atoms with E-state index in [1.54, 1.807) is 7.11 Å². The van der Waals surface area contributed by atoms with E-state index in [0.29, 0.717) is 13.2 Å². The molecule has 0 bridgehead atoms. The van der Waals surface area contributed by atoms with Gasteiger partial charge in [0.1, 0.15) is 0 Å². The van der Waals surface area contributed by atoms with Crippen LogP contribution in [0.5, 0.6) is 0 Å². The second kappa shape index (κ2) is 9.70. The second-order valence-electron chi connectivity index (χ2n) is 9.20. The average molecular weight is 447 g/mol. The lowest BCUT2D eigenvalue weighted by atomic mass is 9.98. The molecule has 2 aliphatic rings. The first-order chi connectivity index (χ1) is 14.5. The summed E-state index contributed by atoms with van der Waals surface area (Å²) in [7, 11) is 1.66. The van der Waals surface area contributed by atoms with Crippen molar-refractivity contribution in [3.05, 3.63) is 35.4 Å². The van der Waals surface area contributed by atoms with Gasteiger partial charge in [0, 0.05) is 32.4 Å². The third kappa shape index (κ3) is 5.96. The summed E-state index contributed by atoms with van der Waals surface area (Å²) in [5, 5.41) is 9.68. The van der Waals surface area contributed by atoms with Crippen LogP contribution >= 0.6 is 0 Å². The molecule has 0 saturated carbocycles. The molecule has 1 aromatic carbocycles. The Morgan fingerprint density at radius 3 is 2.48 bits per heavy atom. The van der Waals surface area contributed by atoms with Gasteiger partial charge in [-0.15, -0.1) is 0 Å². The molecular formula is C22H34F4N4O. The molecule has 5 nitrogen and oxygen atoms in total. The van der Waals surface area contributed by atoms with Crippen molar-refractivity contribution in [1.29, 1.82) is 0 Å². The Morgan fingerprint density at radius 2 is 1.87 bits per heavy atom. The lowest BCUT2D eigenvalue weighted by Gasteiger charge is -2.43. The highest BCUT2D eigenvalue weighted by atomic mass is 19.4. The SMILES string of the molecule is COC(C)(C)CC(C)NC1NCNC(N2CCCC2c2ccc(C(F)(F)F)cc2)C1F. The molecule has 2 fully saturated rings. The predicted octanol–water partition coefficient (Wildman–Crippen LogP) is 3.78. The van der Waals surface area contributed by atoms with Crippen molar-refractivity contribution in [1.82, 2.24) is 20.9 Å². The zero-order valence-electron chi connectivity index (χ0n) is 18.6. The molecule has 0 amide bonds. The summed E-state index contributed by atoms with van der Waals surface area (Å²) in [6.07, 6.45) is -4.23. The number of nitrogens with zero attached hydrogens (tertiary/aromatic N) is 1. The van der Waals surface area contributed by atoms with E-state index in [0.717, 1.165) is 37.0 Å². The Balaban J connectivity index is 1.68. The fraction of sp³-hybridized carbons (Fsp3) is 0.727. The molecule has 0 aliphatic carbocycles. The van der Waals surface area contributed by atoms with E-state index < -0.39 is 30.2 Å². The van der Waals surface area contributed by atoms with E-state index in [2.05, 4.69) is 16.0 Å². The number of methoxy groups -OCH3 is 1.